The van der Waals surface area contributed by atoms with Gasteiger partial charge in [0, 0.05) is 5.69 Å². The number of hydrogen-bond acceptors (Lipinski definition) is 8. The van der Waals surface area contributed by atoms with Gasteiger partial charge in [-0.2, -0.15) is 0 Å². The number of esters is 2. The lowest BCUT2D eigenvalue weighted by Crippen LogP contribution is -2.56. The highest BCUT2D eigenvalue weighted by atomic mass is 31.2. The molecule has 3 rings (SSSR count). The molecule has 0 bridgehead atoms. The second-order valence-electron chi connectivity index (χ2n) is 13.4. The third kappa shape index (κ3) is 8.46. The molecule has 1 heterocycles. The Morgan fingerprint density at radius 1 is 1.12 bits per heavy atom. The molecule has 0 aromatic heterocycles. The van der Waals surface area contributed by atoms with Gasteiger partial charge in [-0.25, -0.2) is 0 Å². The van der Waals surface area contributed by atoms with Crippen LogP contribution in [0.5, 0.6) is 0 Å². The number of ether oxygens (including phenoxy) is 2. The third-order valence-electron chi connectivity index (χ3n) is 7.84. The van der Waals surface area contributed by atoms with Crippen LogP contribution in [0, 0.1) is 10.8 Å². The summed E-state index contributed by atoms with van der Waals surface area (Å²) in [5, 5.41) is 2.88. The monoisotopic (exact) mass is 622 g/mol. The van der Waals surface area contributed by atoms with Gasteiger partial charge < -0.3 is 24.2 Å². The van der Waals surface area contributed by atoms with Crippen LogP contribution in [0.15, 0.2) is 24.3 Å². The highest BCUT2D eigenvalue weighted by Gasteiger charge is 2.56. The quantitative estimate of drug-likeness (QED) is 0.284. The molecule has 2 aliphatic rings. The van der Waals surface area contributed by atoms with E-state index in [9.17, 15) is 28.6 Å². The van der Waals surface area contributed by atoms with Crippen molar-refractivity contribution in [1.29, 1.82) is 0 Å². The molecule has 0 saturated heterocycles. The topological polar surface area (TPSA) is 149 Å². The molecule has 43 heavy (non-hydrogen) atoms. The molecular formula is C31H47N2O9P. The van der Waals surface area contributed by atoms with Crippen LogP contribution in [-0.4, -0.2) is 65.7 Å². The van der Waals surface area contributed by atoms with Gasteiger partial charge in [0.15, 0.2) is 0 Å². The summed E-state index contributed by atoms with van der Waals surface area (Å²) in [5.74, 6) is -2.21. The molecule has 2 amide bonds. The Morgan fingerprint density at radius 2 is 1.74 bits per heavy atom. The fourth-order valence-corrected chi connectivity index (χ4v) is 7.56. The van der Waals surface area contributed by atoms with Crippen molar-refractivity contribution < 1.29 is 42.6 Å². The zero-order valence-electron chi connectivity index (χ0n) is 26.4. The number of aryl methyl sites for hydroxylation is 1. The molecule has 1 saturated carbocycles. The standard InChI is InChI=1S/C31H47N2O9P/c1-8-41-43(38,39)24(20-40-28(37)29(2,3)4)31(17-11-12-18-31)27(36)32-22-16-15-21-13-9-10-14-23(21)33(26(22)35)19-25(34)42-30(5,6)7/h9-10,13-14,22,24H,8,11-12,15-20H2,1-7H3,(H,32,36)(H,38,39)/t22-,24?/m0/s1. The number of para-hydroxylation sites is 1. The van der Waals surface area contributed by atoms with E-state index in [1.54, 1.807) is 60.6 Å². The second-order valence-corrected chi connectivity index (χ2v) is 15.4. The van der Waals surface area contributed by atoms with E-state index >= 15 is 0 Å². The lowest BCUT2D eigenvalue weighted by molar-refractivity contribution is -0.155. The molecule has 0 spiro atoms. The van der Waals surface area contributed by atoms with E-state index in [0.29, 0.717) is 24.9 Å². The number of hydrogen-bond donors (Lipinski definition) is 2. The minimum absolute atomic E-state index is 0.0752. The van der Waals surface area contributed by atoms with Crippen LogP contribution in [0.1, 0.15) is 86.1 Å². The normalized spacial score (nSPS) is 20.8. The molecular weight excluding hydrogens is 575 g/mol. The van der Waals surface area contributed by atoms with Crippen molar-refractivity contribution in [3.05, 3.63) is 29.8 Å². The summed E-state index contributed by atoms with van der Waals surface area (Å²) in [6.07, 6.45) is 2.45. The number of nitrogens with zero attached hydrogens (tertiary/aromatic N) is 1. The summed E-state index contributed by atoms with van der Waals surface area (Å²) in [7, 11) is -4.45. The first-order valence-corrected chi connectivity index (χ1v) is 16.6. The van der Waals surface area contributed by atoms with E-state index in [1.165, 1.54) is 4.90 Å². The van der Waals surface area contributed by atoms with Crippen LogP contribution in [0.4, 0.5) is 5.69 Å². The van der Waals surface area contributed by atoms with Gasteiger partial charge in [-0.1, -0.05) is 31.0 Å². The van der Waals surface area contributed by atoms with Crippen LogP contribution < -0.4 is 10.2 Å². The van der Waals surface area contributed by atoms with Gasteiger partial charge in [-0.3, -0.25) is 28.6 Å². The van der Waals surface area contributed by atoms with E-state index in [-0.39, 0.29) is 32.4 Å². The van der Waals surface area contributed by atoms with Gasteiger partial charge in [0.25, 0.3) is 0 Å². The Balaban J connectivity index is 1.94. The van der Waals surface area contributed by atoms with Crippen LogP contribution in [0.2, 0.25) is 0 Å². The summed E-state index contributed by atoms with van der Waals surface area (Å²) in [5.41, 5.74) is -2.95. The van der Waals surface area contributed by atoms with Gasteiger partial charge in [-0.05, 0) is 85.8 Å². The average Bonchev–Trinajstić information content (AvgIpc) is 3.34. The van der Waals surface area contributed by atoms with E-state index in [2.05, 4.69) is 5.32 Å². The predicted molar refractivity (Wildman–Crippen MR) is 161 cm³/mol. The average molecular weight is 623 g/mol. The number of carbonyl (C=O) groups is 4. The van der Waals surface area contributed by atoms with Crippen LogP contribution >= 0.6 is 7.60 Å². The molecule has 1 aromatic rings. The number of anilines is 1. The van der Waals surface area contributed by atoms with Crippen molar-refractivity contribution in [3.8, 4) is 0 Å². The second kappa shape index (κ2) is 13.5. The first-order valence-electron chi connectivity index (χ1n) is 15.0. The fourth-order valence-electron chi connectivity index (χ4n) is 5.75. The molecule has 2 unspecified atom stereocenters. The Kier molecular flexibility index (Phi) is 10.9. The van der Waals surface area contributed by atoms with Crippen molar-refractivity contribution in [2.75, 3.05) is 24.7 Å². The van der Waals surface area contributed by atoms with Gasteiger partial charge in [0.05, 0.1) is 17.4 Å². The number of fused-ring (bicyclic) bond motifs is 1. The van der Waals surface area contributed by atoms with Crippen LogP contribution in [-0.2, 0) is 44.2 Å². The van der Waals surface area contributed by atoms with Gasteiger partial charge in [0.2, 0.25) is 11.8 Å². The lowest BCUT2D eigenvalue weighted by Gasteiger charge is -2.38. The lowest BCUT2D eigenvalue weighted by atomic mass is 9.81. The minimum Gasteiger partial charge on any atom is -0.464 e. The van der Waals surface area contributed by atoms with Crippen molar-refractivity contribution in [1.82, 2.24) is 5.32 Å². The molecule has 3 atom stereocenters. The minimum atomic E-state index is -4.45. The maximum absolute atomic E-state index is 14.2. The smallest absolute Gasteiger partial charge is 0.335 e. The number of carbonyl (C=O) groups excluding carboxylic acids is 4. The molecule has 1 aliphatic heterocycles. The predicted octanol–water partition coefficient (Wildman–Crippen LogP) is 4.53. The number of rotatable bonds is 10. The van der Waals surface area contributed by atoms with Crippen molar-refractivity contribution >= 4 is 37.0 Å². The fraction of sp³-hybridized carbons (Fsp3) is 0.677. The van der Waals surface area contributed by atoms with E-state index in [1.807, 2.05) is 12.1 Å². The van der Waals surface area contributed by atoms with Crippen molar-refractivity contribution in [3.63, 3.8) is 0 Å². The first kappa shape index (κ1) is 34.7. The van der Waals surface area contributed by atoms with Crippen molar-refractivity contribution in [2.24, 2.45) is 10.8 Å². The summed E-state index contributed by atoms with van der Waals surface area (Å²) >= 11 is 0. The molecule has 240 valence electrons. The number of benzene rings is 1. The summed E-state index contributed by atoms with van der Waals surface area (Å²) in [6, 6.07) is 6.23. The molecule has 11 nitrogen and oxygen atoms in total. The van der Waals surface area contributed by atoms with E-state index in [4.69, 9.17) is 14.0 Å². The SMILES string of the molecule is CCOP(=O)(O)C(COC(=O)C(C)(C)C)C1(C(=O)N[C@H]2CCc3ccccc3N(CC(=O)OC(C)(C)C)C2=O)CCCC1. The van der Waals surface area contributed by atoms with Gasteiger partial charge in [0.1, 0.15) is 30.5 Å². The molecule has 12 heteroatoms. The largest absolute Gasteiger partial charge is 0.464 e. The maximum atomic E-state index is 14.2. The molecule has 1 fully saturated rings. The van der Waals surface area contributed by atoms with Crippen LogP contribution in [0.25, 0.3) is 0 Å². The summed E-state index contributed by atoms with van der Waals surface area (Å²) in [4.78, 5) is 66.0. The highest BCUT2D eigenvalue weighted by Crippen LogP contribution is 2.59. The van der Waals surface area contributed by atoms with Crippen LogP contribution in [0.3, 0.4) is 0 Å². The Morgan fingerprint density at radius 3 is 2.33 bits per heavy atom. The third-order valence-corrected chi connectivity index (χ3v) is 9.90. The summed E-state index contributed by atoms with van der Waals surface area (Å²) < 4.78 is 29.8. The van der Waals surface area contributed by atoms with E-state index in [0.717, 1.165) is 5.56 Å². The van der Waals surface area contributed by atoms with Crippen molar-refractivity contribution in [2.45, 2.75) is 104 Å². The van der Waals surface area contributed by atoms with Gasteiger partial charge in [-0.15, -0.1) is 0 Å². The maximum Gasteiger partial charge on any atom is 0.335 e. The number of amides is 2. The first-order chi connectivity index (χ1) is 19.9. The molecule has 0 radical (unpaired) electrons. The zero-order valence-corrected chi connectivity index (χ0v) is 27.3. The Hall–Kier alpha value is -2.75. The molecule has 1 aliphatic carbocycles. The Labute approximate surface area is 254 Å². The highest BCUT2D eigenvalue weighted by molar-refractivity contribution is 7.53. The molecule has 1 aromatic carbocycles. The Bertz CT molecular complexity index is 1240. The van der Waals surface area contributed by atoms with E-state index < -0.39 is 66.1 Å². The zero-order chi connectivity index (χ0) is 32.2. The molecule has 2 N–H and O–H groups in total. The number of nitrogens with one attached hydrogen (secondary N) is 1. The van der Waals surface area contributed by atoms with Gasteiger partial charge >= 0.3 is 19.5 Å². The summed E-state index contributed by atoms with van der Waals surface area (Å²) in [6.45, 7) is 10.9.